The van der Waals surface area contributed by atoms with Gasteiger partial charge in [0.15, 0.2) is 40.7 Å². The number of nitriles is 2. The molecule has 29 heteroatoms. The van der Waals surface area contributed by atoms with Crippen molar-refractivity contribution in [1.29, 1.82) is 10.5 Å². The van der Waals surface area contributed by atoms with Crippen molar-refractivity contribution in [3.63, 3.8) is 0 Å². The molecule has 7 heterocycles. The number of fused-ring (bicyclic) bond motifs is 5. The summed E-state index contributed by atoms with van der Waals surface area (Å²) in [5, 5.41) is 34.0. The van der Waals surface area contributed by atoms with Crippen molar-refractivity contribution in [3.8, 4) is 29.6 Å². The van der Waals surface area contributed by atoms with Gasteiger partial charge in [0.25, 0.3) is 0 Å². The highest BCUT2D eigenvalue weighted by Gasteiger charge is 2.41. The van der Waals surface area contributed by atoms with Crippen molar-refractivity contribution in [2.24, 2.45) is 5.73 Å². The summed E-state index contributed by atoms with van der Waals surface area (Å²) in [6.45, 7) is 65.3. The van der Waals surface area contributed by atoms with E-state index in [0.29, 0.717) is 53.8 Å². The number of carbonyl (C=O) groups excluding carboxylic acids is 1. The van der Waals surface area contributed by atoms with Gasteiger partial charge in [-0.25, -0.2) is 44.7 Å². The van der Waals surface area contributed by atoms with Crippen LogP contribution in [0.1, 0.15) is 197 Å². The minimum absolute atomic E-state index is 0.146. The monoisotopic (exact) mass is 1900 g/mol. The maximum Gasteiger partial charge on any atom is 0.407 e. The summed E-state index contributed by atoms with van der Waals surface area (Å²) in [5.41, 5.74) is 21.8. The maximum absolute atomic E-state index is 12.0. The van der Waals surface area contributed by atoms with Gasteiger partial charge < -0.3 is 52.3 Å². The number of aliphatic hydroxyl groups is 1. The first-order valence-corrected chi connectivity index (χ1v) is 60.6. The number of amides is 1. The van der Waals surface area contributed by atoms with E-state index in [2.05, 4.69) is 340 Å². The number of ether oxygens (including phenoxy) is 1. The quantitative estimate of drug-likeness (QED) is 0.0385. The summed E-state index contributed by atoms with van der Waals surface area (Å²) in [6, 6.07) is 48.5. The number of carbonyl (C=O) groups is 1. The summed E-state index contributed by atoms with van der Waals surface area (Å²) < 4.78 is 37.0. The van der Waals surface area contributed by atoms with Crippen LogP contribution in [0, 0.1) is 22.7 Å². The molecule has 14 rings (SSSR count). The molecule has 2 aliphatic carbocycles. The second kappa shape index (κ2) is 44.8. The molecule has 0 saturated carbocycles. The lowest BCUT2D eigenvalue weighted by Gasteiger charge is -2.36. The summed E-state index contributed by atoms with van der Waals surface area (Å²) in [7, 11) is -8.47. The molecule has 7 aromatic heterocycles. The molecular formula is C102H139Cl2N15O7Si5. The summed E-state index contributed by atoms with van der Waals surface area (Å²) in [5.74, 6) is 2.26. The SMILES string of the molecule is CC(C)(C)OC(=O)NCc1cc(-n2ccc3c(CO[Si](C)(C)C(C)(C)C)cccc32)ncn1.CC(C)(C)[Si](C)(C)Cl.CC(C)(C)[Si](C)(C)OCc1cccc2c1C=CC2.CC(C)(C)[Si](C)(C)OCc1cccc2c1ccn2-c1cc(C#N)ncn1.CC(C)(C)[Si](C)(C)OCc1cccc2c1ccn2-c1cc(CN)ncn1.N#Cc1cc(Cl)ncn1.OCc1cccc2c1C=CC2. The molecule has 1 amide bonds. The third-order valence-electron chi connectivity index (χ3n) is 25.5. The molecule has 0 saturated heterocycles. The van der Waals surface area contributed by atoms with Crippen molar-refractivity contribution in [1.82, 2.24) is 58.9 Å². The average Bonchev–Trinajstić information content (AvgIpc) is 1.65. The molecule has 5 aromatic carbocycles. The van der Waals surface area contributed by atoms with Crippen LogP contribution < -0.4 is 11.1 Å². The van der Waals surface area contributed by atoms with E-state index in [1.54, 1.807) is 12.4 Å². The number of nitrogens with two attached hydrogens (primary N) is 1. The van der Waals surface area contributed by atoms with Crippen LogP contribution in [0.15, 0.2) is 190 Å². The smallest absolute Gasteiger partial charge is 0.407 e. The predicted octanol–water partition coefficient (Wildman–Crippen LogP) is 25.9. The molecule has 131 heavy (non-hydrogen) atoms. The number of aliphatic hydroxyl groups excluding tert-OH is 1. The minimum Gasteiger partial charge on any atom is -0.444 e. The lowest BCUT2D eigenvalue weighted by atomic mass is 10.0. The van der Waals surface area contributed by atoms with Gasteiger partial charge in [-0.1, -0.05) is 226 Å². The van der Waals surface area contributed by atoms with Gasteiger partial charge >= 0.3 is 6.09 Å². The van der Waals surface area contributed by atoms with Gasteiger partial charge in [-0.15, -0.1) is 0 Å². The average molecular weight is 1900 g/mol. The van der Waals surface area contributed by atoms with Crippen molar-refractivity contribution < 1.29 is 32.3 Å². The largest absolute Gasteiger partial charge is 0.444 e. The van der Waals surface area contributed by atoms with Crippen molar-refractivity contribution in [2.45, 2.75) is 280 Å². The second-order valence-electron chi connectivity index (χ2n) is 41.4. The highest BCUT2D eigenvalue weighted by atomic mass is 35.6. The molecule has 0 unspecified atom stereocenters. The Morgan fingerprint density at radius 2 is 0.771 bits per heavy atom. The van der Waals surface area contributed by atoms with E-state index < -0.39 is 52.3 Å². The van der Waals surface area contributed by atoms with Gasteiger partial charge in [-0.05, 0) is 198 Å². The number of benzene rings is 5. The molecule has 2 aliphatic rings. The Morgan fingerprint density at radius 3 is 1.12 bits per heavy atom. The molecular weight excluding hydrogens is 1760 g/mol. The van der Waals surface area contributed by atoms with Crippen LogP contribution >= 0.6 is 22.7 Å². The third kappa shape index (κ3) is 29.6. The predicted molar refractivity (Wildman–Crippen MR) is 549 cm³/mol. The van der Waals surface area contributed by atoms with Crippen molar-refractivity contribution >= 4 is 114 Å². The number of nitrogens with one attached hydrogen (secondary N) is 1. The molecule has 0 bridgehead atoms. The van der Waals surface area contributed by atoms with Gasteiger partial charge in [0.05, 0.1) is 67.5 Å². The van der Waals surface area contributed by atoms with Crippen LogP contribution in [0.2, 0.25) is 95.8 Å². The van der Waals surface area contributed by atoms with Crippen LogP contribution in [0.25, 0.3) is 62.3 Å². The highest BCUT2D eigenvalue weighted by Crippen LogP contribution is 2.43. The highest BCUT2D eigenvalue weighted by molar-refractivity contribution is 7.20. The number of nitrogens with zero attached hydrogens (tertiary/aromatic N) is 13. The van der Waals surface area contributed by atoms with E-state index in [1.165, 1.54) is 69.4 Å². The first-order valence-electron chi connectivity index (χ1n) is 44.6. The van der Waals surface area contributed by atoms with E-state index in [9.17, 15) is 4.79 Å². The van der Waals surface area contributed by atoms with Gasteiger partial charge in [0, 0.05) is 65.6 Å². The fourth-order valence-electron chi connectivity index (χ4n) is 12.2. The standard InChI is InChI=1S/C25H36N4O3Si.C20H28N4OSi.C20H24N4OSi.C16H24OSi.C10H10O.C6H15ClSi.C5H2ClN3/c1-24(2,3)32-23(30)26-15-19-14-22(28-17-27-19)29-13-12-20-18(10-9-11-21(20)29)16-31-33(7,8)25(4,5)6;2*1-20(2,3)26(4,5)25-13-15-7-6-8-18-17(15)9-10-24(18)19-11-16(12-21)22-14-23-19;1-16(2,3)18(4,5)17-12-14-10-6-8-13-9-7-11-15(13)14;11-7-9-5-1-3-8-4-2-6-10(8)9;1-6(2,3)8(4,5)7;6-5-1-4(2-7)8-3-9-5/h9-14,17H,15-16H2,1-8H3,(H,26,30);6-11,14H,12-13,21H2,1-5H3;6-11,14H,13H2,1-5H3;6-8,10-11H,9,12H2,1-5H3;1-3,5-6,11H,4,7H2;1-5H3;1,3H. The fourth-order valence-corrected chi connectivity index (χ4v) is 16.2. The fraction of sp³-hybridized carbons (Fsp3) is 0.422. The van der Waals surface area contributed by atoms with Crippen LogP contribution in [-0.4, -0.2) is 111 Å². The number of aromatic nitrogens is 11. The van der Waals surface area contributed by atoms with Crippen LogP contribution in [0.3, 0.4) is 0 Å². The Labute approximate surface area is 793 Å². The Morgan fingerprint density at radius 1 is 0.443 bits per heavy atom. The number of alkyl carbamates (subject to hydrolysis) is 1. The van der Waals surface area contributed by atoms with Crippen LogP contribution in [-0.2, 0) is 81.4 Å². The Kier molecular flexibility index (Phi) is 36.5. The molecule has 0 aliphatic heterocycles. The number of halogens is 2. The lowest BCUT2D eigenvalue weighted by Crippen LogP contribution is -2.40. The van der Waals surface area contributed by atoms with E-state index in [1.807, 2.05) is 84.9 Å². The maximum atomic E-state index is 12.0. The van der Waals surface area contributed by atoms with Crippen molar-refractivity contribution in [2.75, 3.05) is 0 Å². The van der Waals surface area contributed by atoms with Gasteiger partial charge in [-0.2, -0.15) is 21.6 Å². The number of hydrogen-bond acceptors (Lipinski definition) is 18. The molecule has 698 valence electrons. The number of hydrogen-bond donors (Lipinski definition) is 3. The van der Waals surface area contributed by atoms with Gasteiger partial charge in [0.2, 0.25) is 0 Å². The lowest BCUT2D eigenvalue weighted by molar-refractivity contribution is 0.0522. The second-order valence-corrected chi connectivity index (χ2v) is 68.3. The molecule has 0 fully saturated rings. The van der Waals surface area contributed by atoms with Gasteiger partial charge in [-0.3, -0.25) is 0 Å². The van der Waals surface area contributed by atoms with Gasteiger partial charge in [0.1, 0.15) is 77.0 Å². The summed E-state index contributed by atoms with van der Waals surface area (Å²) in [4.78, 5) is 44.7. The number of allylic oxidation sites excluding steroid dienone is 2. The molecule has 0 spiro atoms. The summed E-state index contributed by atoms with van der Waals surface area (Å²) in [6.07, 6.45) is 22.1. The topological polar surface area (TPSA) is 287 Å². The Bertz CT molecular complexity index is 5990. The number of rotatable bonds is 19. The van der Waals surface area contributed by atoms with Crippen LogP contribution in [0.4, 0.5) is 4.79 Å². The molecule has 22 nitrogen and oxygen atoms in total. The Balaban J connectivity index is 0.000000198. The molecule has 4 N–H and O–H groups in total. The first kappa shape index (κ1) is 107. The molecule has 0 atom stereocenters. The van der Waals surface area contributed by atoms with Crippen molar-refractivity contribution in [3.05, 3.63) is 268 Å². The zero-order valence-corrected chi connectivity index (χ0v) is 89.0. The van der Waals surface area contributed by atoms with E-state index in [0.717, 1.165) is 75.2 Å². The van der Waals surface area contributed by atoms with E-state index in [4.69, 9.17) is 66.5 Å². The van der Waals surface area contributed by atoms with E-state index in [-0.39, 0.29) is 39.0 Å². The van der Waals surface area contributed by atoms with Crippen LogP contribution in [0.5, 0.6) is 0 Å². The molecule has 12 aromatic rings. The minimum atomic E-state index is -1.85. The molecule has 0 radical (unpaired) electrons. The zero-order valence-electron chi connectivity index (χ0n) is 82.5. The van der Waals surface area contributed by atoms with E-state index >= 15 is 0 Å². The Hall–Kier alpha value is -9.81. The normalized spacial score (nSPS) is 12.8. The third-order valence-corrected chi connectivity index (χ3v) is 48.9. The zero-order chi connectivity index (χ0) is 97.1. The summed E-state index contributed by atoms with van der Waals surface area (Å²) >= 11 is 11.6. The first-order chi connectivity index (χ1) is 61.0.